The van der Waals surface area contributed by atoms with Crippen LogP contribution in [0.3, 0.4) is 0 Å². The van der Waals surface area contributed by atoms with Gasteiger partial charge in [0.05, 0.1) is 33.9 Å². The molecule has 0 bridgehead atoms. The highest BCUT2D eigenvalue weighted by Gasteiger charge is 2.46. The summed E-state index contributed by atoms with van der Waals surface area (Å²) in [6.07, 6.45) is 17.4. The molecule has 4 saturated heterocycles. The number of benzene rings is 3. The number of pyridine rings is 1. The van der Waals surface area contributed by atoms with E-state index < -0.39 is 23.3 Å². The Bertz CT molecular complexity index is 3080. The Hall–Kier alpha value is -6.19. The van der Waals surface area contributed by atoms with Gasteiger partial charge in [-0.2, -0.15) is 9.97 Å². The van der Waals surface area contributed by atoms with E-state index >= 15 is 8.78 Å². The van der Waals surface area contributed by atoms with Crippen LogP contribution in [0.4, 0.5) is 25.1 Å². The predicted octanol–water partition coefficient (Wildman–Crippen LogP) is 8.15. The quantitative estimate of drug-likeness (QED) is 0.109. The molecule has 0 radical (unpaired) electrons. The maximum absolute atomic E-state index is 17.1. The molecule has 4 amide bonds. The normalized spacial score (nSPS) is 22.6. The summed E-state index contributed by atoms with van der Waals surface area (Å²) in [5.74, 6) is 1.45. The summed E-state index contributed by atoms with van der Waals surface area (Å²) in [4.78, 5) is 62.4. The number of piperidine rings is 2. The van der Waals surface area contributed by atoms with E-state index in [0.717, 1.165) is 65.0 Å². The van der Waals surface area contributed by atoms with Crippen LogP contribution in [0.2, 0.25) is 5.02 Å². The van der Waals surface area contributed by atoms with Crippen LogP contribution in [0, 0.1) is 40.7 Å². The van der Waals surface area contributed by atoms with Crippen molar-refractivity contribution in [1.82, 2.24) is 35.0 Å². The molecule has 388 valence electrons. The number of phenols is 1. The maximum Gasteiger partial charge on any atom is 0.328 e. The second kappa shape index (κ2) is 19.8. The number of carbonyl (C=O) groups excluding carboxylic acids is 3. The van der Waals surface area contributed by atoms with Crippen molar-refractivity contribution in [2.24, 2.45) is 16.7 Å². The third-order valence-electron chi connectivity index (χ3n) is 16.9. The Balaban J connectivity index is 0.696. The van der Waals surface area contributed by atoms with Crippen LogP contribution in [0.5, 0.6) is 11.8 Å². The van der Waals surface area contributed by atoms with E-state index in [1.807, 2.05) is 9.80 Å². The fourth-order valence-corrected chi connectivity index (χ4v) is 12.6. The first kappa shape index (κ1) is 50.0. The molecule has 5 aromatic rings. The number of hydrogen-bond acceptors (Lipinski definition) is 12. The number of halogens is 3. The van der Waals surface area contributed by atoms with Gasteiger partial charge in [0.15, 0.2) is 5.82 Å². The largest absolute Gasteiger partial charge is 0.508 e. The van der Waals surface area contributed by atoms with Crippen molar-refractivity contribution in [2.45, 2.75) is 83.2 Å². The first-order valence-electron chi connectivity index (χ1n) is 26.1. The van der Waals surface area contributed by atoms with Crippen LogP contribution in [0.25, 0.3) is 32.9 Å². The maximum atomic E-state index is 17.1. The van der Waals surface area contributed by atoms with Crippen molar-refractivity contribution in [3.8, 4) is 35.4 Å². The Morgan fingerprint density at radius 1 is 0.932 bits per heavy atom. The summed E-state index contributed by atoms with van der Waals surface area (Å²) in [5.41, 5.74) is -0.0313. The number of ether oxygens (including phenoxy) is 1. The standard InChI is InChI=1S/C56H62ClF2N9O6/c1-3-39-43(58)8-6-36-27-38(69)29-40(46(36)39)48-47(59)49-41(30-60-48)50(67-19-4-12-54(2,73)32-67)63-52(62-49)74-34-56(15-16-56)33-65-25-23-64(24-26-65)31-35-9-13-55(14-10-35)17-21-66(22-18-55)51(71)37-5-7-42(57)44(28-37)68-20-11-45(70)61-53(68)72/h1,5-8,27-30,35,69,73H,4,9-26,31-34H2,2H3,(H,61,70,72)/t54-/m1/s1. The molecule has 18 heteroatoms. The molecule has 11 rings (SSSR count). The molecule has 6 fully saturated rings. The molecule has 15 nitrogen and oxygen atoms in total. The second-order valence-electron chi connectivity index (χ2n) is 22.2. The Kier molecular flexibility index (Phi) is 13.4. The number of piperazine rings is 1. The van der Waals surface area contributed by atoms with E-state index in [4.69, 9.17) is 27.7 Å². The number of imide groups is 1. The van der Waals surface area contributed by atoms with Gasteiger partial charge in [-0.15, -0.1) is 6.42 Å². The van der Waals surface area contributed by atoms with Gasteiger partial charge in [-0.1, -0.05) is 23.6 Å². The molecule has 1 atom stereocenters. The zero-order chi connectivity index (χ0) is 51.5. The number of nitrogens with zero attached hydrogens (tertiary/aromatic N) is 8. The molecule has 1 spiro atoms. The van der Waals surface area contributed by atoms with Crippen molar-refractivity contribution in [3.63, 3.8) is 0 Å². The smallest absolute Gasteiger partial charge is 0.328 e. The third kappa shape index (κ3) is 10.1. The van der Waals surface area contributed by atoms with Gasteiger partial charge in [0.25, 0.3) is 5.91 Å². The predicted molar refractivity (Wildman–Crippen MR) is 278 cm³/mol. The second-order valence-corrected chi connectivity index (χ2v) is 22.6. The molecule has 2 saturated carbocycles. The number of aliphatic hydroxyl groups is 1. The number of terminal acetylenes is 1. The fourth-order valence-electron chi connectivity index (χ4n) is 12.4. The molecule has 2 aliphatic carbocycles. The topological polar surface area (TPSA) is 168 Å². The number of rotatable bonds is 11. The van der Waals surface area contributed by atoms with E-state index in [-0.39, 0.29) is 81.6 Å². The van der Waals surface area contributed by atoms with Crippen LogP contribution in [0.15, 0.2) is 48.7 Å². The number of aromatic nitrogens is 3. The van der Waals surface area contributed by atoms with Gasteiger partial charge in [-0.05, 0) is 124 Å². The molecular formula is C56H62ClF2N9O6. The number of likely N-dealkylation sites (tertiary alicyclic amines) is 1. The minimum atomic E-state index is -0.987. The van der Waals surface area contributed by atoms with Crippen LogP contribution >= 0.6 is 11.6 Å². The number of phenolic OH excluding ortho intramolecular Hbond substituents is 1. The van der Waals surface area contributed by atoms with E-state index in [1.54, 1.807) is 25.1 Å². The fraction of sp³-hybridized carbons (Fsp3) is 0.500. The molecule has 74 heavy (non-hydrogen) atoms. The number of urea groups is 1. The number of β-amino-alcohol motifs (C(OH)–C–C–N with tert-alkyl or cyclic N) is 1. The van der Waals surface area contributed by atoms with Crippen LogP contribution in [-0.2, 0) is 4.79 Å². The average Bonchev–Trinajstić information content (AvgIpc) is 4.16. The van der Waals surface area contributed by atoms with E-state index in [0.29, 0.717) is 77.9 Å². The third-order valence-corrected chi connectivity index (χ3v) is 17.2. The number of aromatic hydroxyl groups is 1. The van der Waals surface area contributed by atoms with E-state index in [1.165, 1.54) is 61.0 Å². The SMILES string of the molecule is C#Cc1c(F)ccc2cc(O)cc(-c3ncc4c(N5CCC[C@@](C)(O)C5)nc(OCC5(CN6CCN(CC7CCC8(CC7)CCN(C(=O)c7ccc(Cl)c(N9CCC(=O)NC9=O)c7)CC8)CC6)CC5)nc4c3F)c12. The van der Waals surface area contributed by atoms with Crippen LogP contribution < -0.4 is 19.9 Å². The molecule has 2 aromatic heterocycles. The molecule has 4 aliphatic heterocycles. The molecule has 6 aliphatic rings. The van der Waals surface area contributed by atoms with Gasteiger partial charge in [0, 0.05) is 107 Å². The summed E-state index contributed by atoms with van der Waals surface area (Å²) in [5, 5.41) is 25.5. The highest BCUT2D eigenvalue weighted by atomic mass is 35.5. The van der Waals surface area contributed by atoms with Gasteiger partial charge >= 0.3 is 12.0 Å². The molecule has 0 unspecified atom stereocenters. The monoisotopic (exact) mass is 1030 g/mol. The molecule has 6 heterocycles. The lowest BCUT2D eigenvalue weighted by Crippen LogP contribution is -2.50. The number of carbonyl (C=O) groups is 3. The summed E-state index contributed by atoms with van der Waals surface area (Å²) < 4.78 is 38.6. The minimum absolute atomic E-state index is 0.0212. The highest BCUT2D eigenvalue weighted by Crippen LogP contribution is 2.49. The zero-order valence-corrected chi connectivity index (χ0v) is 42.5. The first-order valence-corrected chi connectivity index (χ1v) is 26.5. The van der Waals surface area contributed by atoms with Gasteiger partial charge in [0.2, 0.25) is 5.91 Å². The van der Waals surface area contributed by atoms with E-state index in [2.05, 4.69) is 31.0 Å². The van der Waals surface area contributed by atoms with Gasteiger partial charge in [-0.3, -0.25) is 24.8 Å². The number of anilines is 2. The number of hydrogen-bond donors (Lipinski definition) is 3. The lowest BCUT2D eigenvalue weighted by atomic mass is 9.65. The van der Waals surface area contributed by atoms with Gasteiger partial charge < -0.3 is 34.5 Å². The van der Waals surface area contributed by atoms with Crippen LogP contribution in [0.1, 0.15) is 93.5 Å². The average molecular weight is 1030 g/mol. The minimum Gasteiger partial charge on any atom is -0.508 e. The Morgan fingerprint density at radius 3 is 2.41 bits per heavy atom. The summed E-state index contributed by atoms with van der Waals surface area (Å²) in [6.45, 7) is 10.5. The van der Waals surface area contributed by atoms with Crippen molar-refractivity contribution in [1.29, 1.82) is 0 Å². The van der Waals surface area contributed by atoms with Gasteiger partial charge in [0.1, 0.15) is 28.6 Å². The summed E-state index contributed by atoms with van der Waals surface area (Å²) >= 11 is 6.46. The number of fused-ring (bicyclic) bond motifs is 2. The Labute approximate surface area is 434 Å². The lowest BCUT2D eigenvalue weighted by molar-refractivity contribution is -0.120. The van der Waals surface area contributed by atoms with Crippen molar-refractivity contribution in [3.05, 3.63) is 76.4 Å². The van der Waals surface area contributed by atoms with Crippen molar-refractivity contribution >= 4 is 62.6 Å². The molecular weight excluding hydrogens is 968 g/mol. The Morgan fingerprint density at radius 2 is 1.69 bits per heavy atom. The molecule has 3 N–H and O–H groups in total. The highest BCUT2D eigenvalue weighted by molar-refractivity contribution is 6.34. The molecule has 3 aromatic carbocycles. The zero-order valence-electron chi connectivity index (χ0n) is 41.8. The summed E-state index contributed by atoms with van der Waals surface area (Å²) in [7, 11) is 0. The summed E-state index contributed by atoms with van der Waals surface area (Å²) in [6, 6.07) is 9.98. The first-order chi connectivity index (χ1) is 35.6. The van der Waals surface area contributed by atoms with Crippen LogP contribution in [-0.4, -0.2) is 142 Å². The van der Waals surface area contributed by atoms with Crippen molar-refractivity contribution < 1.29 is 38.1 Å². The van der Waals surface area contributed by atoms with Crippen molar-refractivity contribution in [2.75, 3.05) is 88.4 Å². The lowest BCUT2D eigenvalue weighted by Gasteiger charge is -2.47. The number of nitrogens with one attached hydrogen (secondary N) is 1. The number of amides is 4. The van der Waals surface area contributed by atoms with E-state index in [9.17, 15) is 24.6 Å². The van der Waals surface area contributed by atoms with Gasteiger partial charge in [-0.25, -0.2) is 13.6 Å².